The monoisotopic (exact) mass is 591 g/mol. The molecule has 0 aliphatic heterocycles. The number of anilines is 1. The summed E-state index contributed by atoms with van der Waals surface area (Å²) >= 11 is 7.07. The quantitative estimate of drug-likeness (QED) is 0.265. The van der Waals surface area contributed by atoms with E-state index in [2.05, 4.69) is 14.7 Å². The zero-order valence-electron chi connectivity index (χ0n) is 21.1. The van der Waals surface area contributed by atoms with Gasteiger partial charge in [-0.2, -0.15) is 18.2 Å². The number of halogens is 4. The van der Waals surface area contributed by atoms with E-state index in [1.54, 1.807) is 55.4 Å². The van der Waals surface area contributed by atoms with Crippen LogP contribution in [0.3, 0.4) is 0 Å². The molecule has 0 aliphatic carbocycles. The lowest BCUT2D eigenvalue weighted by molar-refractivity contribution is -0.190. The van der Waals surface area contributed by atoms with Crippen molar-refractivity contribution >= 4 is 56.1 Å². The highest BCUT2D eigenvalue weighted by Gasteiger charge is 2.42. The van der Waals surface area contributed by atoms with Gasteiger partial charge in [-0.1, -0.05) is 23.7 Å². The standard InChI is InChI=1S/C26H21ClF3N5O4S/c1-33(2)24-31-17-9-8-16(12-19(17)34(24)10-3-11-36)35-22(37)21-18(32-25(35)39-23(38)26(28,29)30)13-20(40-21)14-4-6-15(27)7-5-14/h4-9,12-13,36H,3,10-11H2,1-2H3. The van der Waals surface area contributed by atoms with E-state index in [0.29, 0.717) is 39.8 Å². The lowest BCUT2D eigenvalue weighted by Gasteiger charge is -2.15. The van der Waals surface area contributed by atoms with Crippen LogP contribution in [0, 0.1) is 0 Å². The maximum Gasteiger partial charge on any atom is 0.491 e. The van der Waals surface area contributed by atoms with E-state index < -0.39 is 23.7 Å². The number of ether oxygens (including phenoxy) is 1. The first-order chi connectivity index (χ1) is 19.0. The first kappa shape index (κ1) is 27.6. The van der Waals surface area contributed by atoms with E-state index in [0.717, 1.165) is 21.5 Å². The van der Waals surface area contributed by atoms with Crippen LogP contribution in [0.1, 0.15) is 6.42 Å². The lowest BCUT2D eigenvalue weighted by Crippen LogP contribution is -2.31. The minimum Gasteiger partial charge on any atom is -0.396 e. The molecule has 3 aromatic heterocycles. The van der Waals surface area contributed by atoms with Gasteiger partial charge in [-0.3, -0.25) is 4.79 Å². The van der Waals surface area contributed by atoms with Crippen LogP contribution in [0.25, 0.3) is 37.4 Å². The average Bonchev–Trinajstić information content (AvgIpc) is 3.49. The molecule has 0 fully saturated rings. The Labute approximate surface area is 233 Å². The number of esters is 1. The van der Waals surface area contributed by atoms with Crippen LogP contribution in [0.4, 0.5) is 19.1 Å². The van der Waals surface area contributed by atoms with Gasteiger partial charge >= 0.3 is 18.2 Å². The summed E-state index contributed by atoms with van der Waals surface area (Å²) in [6.45, 7) is 0.319. The van der Waals surface area contributed by atoms with Crippen molar-refractivity contribution in [2.45, 2.75) is 19.1 Å². The fourth-order valence-electron chi connectivity index (χ4n) is 4.18. The number of carbonyl (C=O) groups excluding carboxylic acids is 1. The van der Waals surface area contributed by atoms with Crippen LogP contribution in [-0.2, 0) is 11.3 Å². The molecule has 0 amide bonds. The molecule has 9 nitrogen and oxygen atoms in total. The number of thiophene rings is 1. The minimum absolute atomic E-state index is 0.0713. The topological polar surface area (TPSA) is 102 Å². The molecule has 0 radical (unpaired) electrons. The first-order valence-corrected chi connectivity index (χ1v) is 13.1. The molecule has 2 aromatic carbocycles. The van der Waals surface area contributed by atoms with Gasteiger partial charge in [-0.15, -0.1) is 11.3 Å². The van der Waals surface area contributed by atoms with Crippen molar-refractivity contribution in [3.63, 3.8) is 0 Å². The summed E-state index contributed by atoms with van der Waals surface area (Å²) in [5.74, 6) is -1.93. The SMILES string of the molecule is CN(C)c1nc2ccc(-n3c(OC(=O)C(F)(F)F)nc4cc(-c5ccc(Cl)cc5)sc4c3=O)cc2n1CCCO. The predicted molar refractivity (Wildman–Crippen MR) is 147 cm³/mol. The Hall–Kier alpha value is -3.94. The Morgan fingerprint density at radius 3 is 2.48 bits per heavy atom. The van der Waals surface area contributed by atoms with Gasteiger partial charge in [-0.05, 0) is 48.4 Å². The zero-order chi connectivity index (χ0) is 28.8. The molecule has 0 saturated heterocycles. The fraction of sp³-hybridized carbons (Fsp3) is 0.231. The number of benzene rings is 2. The van der Waals surface area contributed by atoms with Crippen LogP contribution in [0.2, 0.25) is 5.02 Å². The molecule has 0 spiro atoms. The minimum atomic E-state index is -5.31. The number of aromatic nitrogens is 4. The summed E-state index contributed by atoms with van der Waals surface area (Å²) in [6, 6.07) is 12.2. The Bertz CT molecular complexity index is 1800. The molecule has 0 atom stereocenters. The second-order valence-corrected chi connectivity index (χ2v) is 10.5. The van der Waals surface area contributed by atoms with Gasteiger partial charge in [0.05, 0.1) is 22.2 Å². The number of aliphatic hydroxyl groups excluding tert-OH is 1. The molecule has 0 bridgehead atoms. The van der Waals surface area contributed by atoms with Crippen molar-refractivity contribution in [3.05, 3.63) is 63.9 Å². The van der Waals surface area contributed by atoms with Gasteiger partial charge in [-0.25, -0.2) is 14.3 Å². The highest BCUT2D eigenvalue weighted by Crippen LogP contribution is 2.34. The van der Waals surface area contributed by atoms with Gasteiger partial charge in [0.2, 0.25) is 5.95 Å². The number of alkyl halides is 3. The number of aliphatic hydroxyl groups is 1. The molecule has 208 valence electrons. The second-order valence-electron chi connectivity index (χ2n) is 8.96. The van der Waals surface area contributed by atoms with Gasteiger partial charge in [0, 0.05) is 37.1 Å². The first-order valence-electron chi connectivity index (χ1n) is 11.9. The van der Waals surface area contributed by atoms with Crippen LogP contribution < -0.4 is 15.2 Å². The Kier molecular flexibility index (Phi) is 7.29. The number of hydrogen-bond donors (Lipinski definition) is 1. The highest BCUT2D eigenvalue weighted by atomic mass is 35.5. The maximum atomic E-state index is 13.8. The summed E-state index contributed by atoms with van der Waals surface area (Å²) in [5, 5.41) is 9.89. The van der Waals surface area contributed by atoms with E-state index in [4.69, 9.17) is 11.6 Å². The predicted octanol–water partition coefficient (Wildman–Crippen LogP) is 5.03. The van der Waals surface area contributed by atoms with Crippen molar-refractivity contribution in [3.8, 4) is 22.1 Å². The summed E-state index contributed by atoms with van der Waals surface area (Å²) < 4.78 is 46.9. The van der Waals surface area contributed by atoms with Crippen molar-refractivity contribution in [1.29, 1.82) is 0 Å². The number of aryl methyl sites for hydroxylation is 1. The average molecular weight is 592 g/mol. The molecule has 0 aliphatic rings. The lowest BCUT2D eigenvalue weighted by atomic mass is 10.2. The van der Waals surface area contributed by atoms with E-state index >= 15 is 0 Å². The highest BCUT2D eigenvalue weighted by molar-refractivity contribution is 7.22. The molecule has 5 rings (SSSR count). The molecular weight excluding hydrogens is 571 g/mol. The summed E-state index contributed by atoms with van der Waals surface area (Å²) in [7, 11) is 3.59. The Morgan fingerprint density at radius 2 is 1.82 bits per heavy atom. The Balaban J connectivity index is 1.74. The molecule has 3 heterocycles. The number of carbonyl (C=O) groups is 1. The van der Waals surface area contributed by atoms with Gasteiger partial charge in [0.25, 0.3) is 5.56 Å². The maximum absolute atomic E-state index is 13.8. The Morgan fingerprint density at radius 1 is 1.10 bits per heavy atom. The molecule has 14 heteroatoms. The second kappa shape index (κ2) is 10.6. The third kappa shape index (κ3) is 5.15. The summed E-state index contributed by atoms with van der Waals surface area (Å²) in [4.78, 5) is 36.7. The molecule has 5 aromatic rings. The number of fused-ring (bicyclic) bond motifs is 2. The van der Waals surface area contributed by atoms with Crippen LogP contribution in [-0.4, -0.2) is 57.1 Å². The van der Waals surface area contributed by atoms with Gasteiger partial charge < -0.3 is 19.3 Å². The summed E-state index contributed by atoms with van der Waals surface area (Å²) in [6.07, 6.45) is -4.89. The smallest absolute Gasteiger partial charge is 0.396 e. The fourth-order valence-corrected chi connectivity index (χ4v) is 5.34. The van der Waals surface area contributed by atoms with Gasteiger partial charge in [0.1, 0.15) is 4.70 Å². The number of hydrogen-bond acceptors (Lipinski definition) is 8. The van der Waals surface area contributed by atoms with E-state index in [1.165, 1.54) is 12.1 Å². The third-order valence-electron chi connectivity index (χ3n) is 5.97. The van der Waals surface area contributed by atoms with Crippen molar-refractivity contribution in [1.82, 2.24) is 19.1 Å². The molecule has 40 heavy (non-hydrogen) atoms. The van der Waals surface area contributed by atoms with Crippen molar-refractivity contribution < 1.29 is 27.8 Å². The molecule has 0 unspecified atom stereocenters. The number of imidazole rings is 1. The molecule has 0 saturated carbocycles. The normalized spacial score (nSPS) is 11.9. The number of rotatable bonds is 7. The summed E-state index contributed by atoms with van der Waals surface area (Å²) in [5.41, 5.74) is 1.32. The van der Waals surface area contributed by atoms with E-state index in [-0.39, 0.29) is 22.5 Å². The third-order valence-corrected chi connectivity index (χ3v) is 7.38. The zero-order valence-corrected chi connectivity index (χ0v) is 22.6. The van der Waals surface area contributed by atoms with E-state index in [9.17, 15) is 27.9 Å². The molecule has 1 N–H and O–H groups in total. The number of nitrogens with zero attached hydrogens (tertiary/aromatic N) is 5. The molecular formula is C26H21ClF3N5O4S. The van der Waals surface area contributed by atoms with Crippen LogP contribution in [0.5, 0.6) is 6.01 Å². The van der Waals surface area contributed by atoms with E-state index in [1.807, 2.05) is 4.57 Å². The largest absolute Gasteiger partial charge is 0.491 e. The van der Waals surface area contributed by atoms with Crippen molar-refractivity contribution in [2.24, 2.45) is 0 Å². The van der Waals surface area contributed by atoms with Crippen molar-refractivity contribution in [2.75, 3.05) is 25.6 Å². The van der Waals surface area contributed by atoms with Gasteiger partial charge in [0.15, 0.2) is 0 Å². The van der Waals surface area contributed by atoms with Crippen LogP contribution in [0.15, 0.2) is 53.3 Å². The van der Waals surface area contributed by atoms with Crippen LogP contribution >= 0.6 is 22.9 Å².